The van der Waals surface area contributed by atoms with Crippen molar-refractivity contribution >= 4 is 13.9 Å². The first-order chi connectivity index (χ1) is 19.5. The van der Waals surface area contributed by atoms with Gasteiger partial charge in [-0.1, -0.05) is 53.2 Å². The van der Waals surface area contributed by atoms with Gasteiger partial charge < -0.3 is 14.3 Å². The Morgan fingerprint density at radius 2 is 1.86 bits per heavy atom. The van der Waals surface area contributed by atoms with Crippen LogP contribution in [-0.2, 0) is 21.8 Å². The summed E-state index contributed by atoms with van der Waals surface area (Å²) in [5.41, 5.74) is 5.11. The topological polar surface area (TPSA) is 64.5 Å². The molecule has 9 heteroatoms. The van der Waals surface area contributed by atoms with Crippen LogP contribution in [0.25, 0.3) is 5.57 Å². The molecule has 0 amide bonds. The first kappa shape index (κ1) is 31.4. The number of hydrogen-bond acceptors (Lipinski definition) is 5. The summed E-state index contributed by atoms with van der Waals surface area (Å²) in [7, 11) is -2.20. The second-order valence-corrected chi connectivity index (χ2v) is 19.1. The Morgan fingerprint density at radius 1 is 1.14 bits per heavy atom. The lowest BCUT2D eigenvalue weighted by atomic mass is 9.59. The van der Waals surface area contributed by atoms with Gasteiger partial charge in [-0.2, -0.15) is 13.2 Å². The van der Waals surface area contributed by atoms with Gasteiger partial charge in [-0.05, 0) is 78.8 Å². The molecule has 1 fully saturated rings. The average molecular weight is 603 g/mol. The number of hydrogen-bond donors (Lipinski definition) is 1. The molecule has 1 spiro atoms. The lowest BCUT2D eigenvalue weighted by Gasteiger charge is -2.51. The molecule has 5 rings (SSSR count). The van der Waals surface area contributed by atoms with Gasteiger partial charge in [-0.15, -0.1) is 0 Å². The van der Waals surface area contributed by atoms with Crippen LogP contribution in [0.3, 0.4) is 0 Å². The van der Waals surface area contributed by atoms with E-state index in [9.17, 15) is 18.3 Å². The van der Waals surface area contributed by atoms with Gasteiger partial charge in [0, 0.05) is 34.3 Å². The maximum Gasteiger partial charge on any atom is 0.433 e. The van der Waals surface area contributed by atoms with E-state index in [1.807, 2.05) is 0 Å². The summed E-state index contributed by atoms with van der Waals surface area (Å²) in [4.78, 5) is 8.98. The first-order valence-corrected chi connectivity index (χ1v) is 18.2. The number of pyridine rings is 2. The van der Waals surface area contributed by atoms with Crippen LogP contribution in [0, 0.1) is 5.41 Å². The molecule has 2 aromatic heterocycles. The number of nitrogens with zero attached hydrogens (tertiary/aromatic N) is 2. The predicted molar refractivity (Wildman–Crippen MR) is 161 cm³/mol. The highest BCUT2D eigenvalue weighted by molar-refractivity contribution is 6.74. The van der Waals surface area contributed by atoms with Crippen molar-refractivity contribution in [1.29, 1.82) is 0 Å². The summed E-state index contributed by atoms with van der Waals surface area (Å²) < 4.78 is 52.8. The van der Waals surface area contributed by atoms with Gasteiger partial charge in [-0.3, -0.25) is 9.97 Å². The van der Waals surface area contributed by atoms with Gasteiger partial charge in [-0.25, -0.2) is 0 Å². The molecule has 42 heavy (non-hydrogen) atoms. The monoisotopic (exact) mass is 602 g/mol. The number of aromatic nitrogens is 2. The van der Waals surface area contributed by atoms with Gasteiger partial charge >= 0.3 is 6.18 Å². The molecule has 2 aliphatic carbocycles. The van der Waals surface area contributed by atoms with Crippen LogP contribution in [0.1, 0.15) is 124 Å². The van der Waals surface area contributed by atoms with Crippen molar-refractivity contribution in [2.45, 2.75) is 116 Å². The Morgan fingerprint density at radius 3 is 2.36 bits per heavy atom. The summed E-state index contributed by atoms with van der Waals surface area (Å²) in [5, 5.41) is 12.0. The molecule has 2 atom stereocenters. The maximum atomic E-state index is 13.3. The fourth-order valence-corrected chi connectivity index (χ4v) is 7.76. The normalized spacial score (nSPS) is 21.6. The van der Waals surface area contributed by atoms with E-state index in [2.05, 4.69) is 58.8 Å². The summed E-state index contributed by atoms with van der Waals surface area (Å²) in [5.74, 6) is -0.0134. The Balaban J connectivity index is 1.75. The second kappa shape index (κ2) is 11.1. The molecular weight excluding hydrogens is 557 g/mol. The van der Waals surface area contributed by atoms with Crippen LogP contribution < -0.4 is 0 Å². The molecule has 3 aliphatic rings. The molecule has 1 unspecified atom stereocenters. The summed E-state index contributed by atoms with van der Waals surface area (Å²) >= 11 is 0. The zero-order chi connectivity index (χ0) is 30.7. The van der Waals surface area contributed by atoms with Crippen molar-refractivity contribution in [2.75, 3.05) is 13.2 Å². The highest BCUT2D eigenvalue weighted by Crippen LogP contribution is 2.57. The number of ether oxygens (including phenoxy) is 1. The van der Waals surface area contributed by atoms with Gasteiger partial charge in [0.25, 0.3) is 0 Å². The Labute approximate surface area is 249 Å². The molecule has 5 nitrogen and oxygen atoms in total. The van der Waals surface area contributed by atoms with Crippen LogP contribution in [0.2, 0.25) is 18.1 Å². The van der Waals surface area contributed by atoms with Crippen molar-refractivity contribution in [3.05, 3.63) is 63.7 Å². The minimum absolute atomic E-state index is 0.00897. The van der Waals surface area contributed by atoms with Crippen LogP contribution in [0.15, 0.2) is 24.4 Å². The number of aliphatic hydroxyl groups excluding tert-OH is 1. The van der Waals surface area contributed by atoms with Gasteiger partial charge in [0.05, 0.1) is 19.3 Å². The maximum absolute atomic E-state index is 13.3. The summed E-state index contributed by atoms with van der Waals surface area (Å²) in [6.07, 6.45) is 3.34. The fraction of sp³-hybridized carbons (Fsp3) is 0.636. The largest absolute Gasteiger partial charge is 0.433 e. The standard InChI is InChI=1S/C33H45F3N2O3Si/c1-20(2)29-28(30(39)22-9-10-25(37-19-22)33(34,35)36)26(21-11-15-40-16-12-21)27-23(38-29)17-32(13-8-14-32)18-24(27)41-42(6,7)31(3,4)5/h9-11,19-20,24,30,39H,8,12-18H2,1-7H3/t24?,30-/m1/s1. The smallest absolute Gasteiger partial charge is 0.410 e. The van der Waals surface area contributed by atoms with Crippen molar-refractivity contribution in [2.24, 2.45) is 5.41 Å². The van der Waals surface area contributed by atoms with Crippen molar-refractivity contribution in [3.8, 4) is 0 Å². The SMILES string of the molecule is CC(C)c1nc2c(c(C3=CCOCC3)c1[C@H](O)c1ccc(C(F)(F)F)nc1)C(O[Si](C)(C)C(C)(C)C)CC1(CCC1)C2. The van der Waals surface area contributed by atoms with Crippen molar-refractivity contribution in [3.63, 3.8) is 0 Å². The quantitative estimate of drug-likeness (QED) is 0.335. The minimum Gasteiger partial charge on any atom is -0.410 e. The Hall–Kier alpha value is -2.07. The van der Waals surface area contributed by atoms with Gasteiger partial charge in [0.1, 0.15) is 11.8 Å². The summed E-state index contributed by atoms with van der Waals surface area (Å²) in [6.45, 7) is 16.5. The zero-order valence-electron chi connectivity index (χ0n) is 26.0. The molecule has 1 saturated carbocycles. The van der Waals surface area contributed by atoms with E-state index < -0.39 is 26.3 Å². The molecule has 2 aromatic rings. The van der Waals surface area contributed by atoms with Crippen LogP contribution in [0.4, 0.5) is 13.2 Å². The second-order valence-electron chi connectivity index (χ2n) is 14.3. The lowest BCUT2D eigenvalue weighted by Crippen LogP contribution is -2.46. The van der Waals surface area contributed by atoms with Crippen LogP contribution >= 0.6 is 0 Å². The van der Waals surface area contributed by atoms with Gasteiger partial charge in [0.15, 0.2) is 8.32 Å². The number of rotatable bonds is 6. The fourth-order valence-electron chi connectivity index (χ4n) is 6.50. The average Bonchev–Trinajstić information content (AvgIpc) is 2.89. The van der Waals surface area contributed by atoms with E-state index in [4.69, 9.17) is 14.1 Å². The van der Waals surface area contributed by atoms with E-state index >= 15 is 0 Å². The Kier molecular flexibility index (Phi) is 8.31. The molecule has 3 heterocycles. The predicted octanol–water partition coefficient (Wildman–Crippen LogP) is 8.68. The molecule has 0 bridgehead atoms. The van der Waals surface area contributed by atoms with E-state index in [1.165, 1.54) is 12.5 Å². The number of halogens is 3. The minimum atomic E-state index is -4.55. The number of aliphatic hydroxyl groups is 1. The number of fused-ring (bicyclic) bond motifs is 1. The van der Waals surface area contributed by atoms with E-state index in [1.54, 1.807) is 0 Å². The first-order valence-electron chi connectivity index (χ1n) is 15.3. The third-order valence-electron chi connectivity index (χ3n) is 10.0. The molecular formula is C33H45F3N2O3Si. The lowest BCUT2D eigenvalue weighted by molar-refractivity contribution is -0.141. The molecule has 0 aromatic carbocycles. The highest BCUT2D eigenvalue weighted by Gasteiger charge is 2.49. The van der Waals surface area contributed by atoms with Crippen LogP contribution in [0.5, 0.6) is 0 Å². The van der Waals surface area contributed by atoms with Gasteiger partial charge in [0.2, 0.25) is 0 Å². The van der Waals surface area contributed by atoms with E-state index in [0.717, 1.165) is 66.0 Å². The van der Waals surface area contributed by atoms with Crippen molar-refractivity contribution in [1.82, 2.24) is 9.97 Å². The number of alkyl halides is 3. The Bertz CT molecular complexity index is 1340. The van der Waals surface area contributed by atoms with Crippen molar-refractivity contribution < 1.29 is 27.4 Å². The van der Waals surface area contributed by atoms with E-state index in [0.29, 0.717) is 30.8 Å². The molecule has 1 aliphatic heterocycles. The molecule has 0 radical (unpaired) electrons. The third-order valence-corrected chi connectivity index (χ3v) is 14.5. The van der Waals surface area contributed by atoms with E-state index in [-0.39, 0.29) is 22.5 Å². The summed E-state index contributed by atoms with van der Waals surface area (Å²) in [6, 6.07) is 2.27. The molecule has 1 N–H and O–H groups in total. The molecule has 230 valence electrons. The zero-order valence-corrected chi connectivity index (χ0v) is 27.0. The molecule has 0 saturated heterocycles. The highest BCUT2D eigenvalue weighted by atomic mass is 28.4. The third kappa shape index (κ3) is 5.86. The van der Waals surface area contributed by atoms with Crippen LogP contribution in [-0.4, -0.2) is 36.6 Å².